The SMILES string of the molecule is Fc1ccc(CC(Cl)c2cccc(F)c2)cc1. The molecule has 2 aromatic carbocycles. The van der Waals surface area contributed by atoms with Gasteiger partial charge in [-0.3, -0.25) is 0 Å². The normalized spacial score (nSPS) is 12.4. The van der Waals surface area contributed by atoms with Crippen molar-refractivity contribution in [3.63, 3.8) is 0 Å². The van der Waals surface area contributed by atoms with Crippen molar-refractivity contribution in [2.45, 2.75) is 11.8 Å². The Bertz CT molecular complexity index is 494. The fourth-order valence-electron chi connectivity index (χ4n) is 1.65. The van der Waals surface area contributed by atoms with Crippen LogP contribution in [0.25, 0.3) is 0 Å². The van der Waals surface area contributed by atoms with E-state index < -0.39 is 0 Å². The molecule has 0 aliphatic heterocycles. The van der Waals surface area contributed by atoms with Crippen LogP contribution in [-0.4, -0.2) is 0 Å². The summed E-state index contributed by atoms with van der Waals surface area (Å²) in [7, 11) is 0. The molecule has 0 aliphatic rings. The van der Waals surface area contributed by atoms with E-state index in [1.54, 1.807) is 24.3 Å². The zero-order valence-corrected chi connectivity index (χ0v) is 9.79. The highest BCUT2D eigenvalue weighted by atomic mass is 35.5. The summed E-state index contributed by atoms with van der Waals surface area (Å²) >= 11 is 6.19. The van der Waals surface area contributed by atoms with Crippen LogP contribution in [0.15, 0.2) is 48.5 Å². The van der Waals surface area contributed by atoms with E-state index in [0.717, 1.165) is 11.1 Å². The Kier molecular flexibility index (Phi) is 3.75. The summed E-state index contributed by atoms with van der Waals surface area (Å²) in [6, 6.07) is 12.4. The van der Waals surface area contributed by atoms with Gasteiger partial charge in [0.25, 0.3) is 0 Å². The highest BCUT2D eigenvalue weighted by molar-refractivity contribution is 6.20. The number of alkyl halides is 1. The van der Waals surface area contributed by atoms with Crippen molar-refractivity contribution >= 4 is 11.6 Å². The molecule has 88 valence electrons. The van der Waals surface area contributed by atoms with Gasteiger partial charge >= 0.3 is 0 Å². The number of rotatable bonds is 3. The predicted octanol–water partition coefficient (Wildman–Crippen LogP) is 4.49. The average molecular weight is 253 g/mol. The van der Waals surface area contributed by atoms with E-state index in [1.807, 2.05) is 0 Å². The topological polar surface area (TPSA) is 0 Å². The van der Waals surface area contributed by atoms with E-state index in [-0.39, 0.29) is 17.0 Å². The summed E-state index contributed by atoms with van der Waals surface area (Å²) in [5.74, 6) is -0.571. The van der Waals surface area contributed by atoms with Gasteiger partial charge in [0.1, 0.15) is 11.6 Å². The molecule has 3 heteroatoms. The molecule has 0 saturated heterocycles. The number of hydrogen-bond acceptors (Lipinski definition) is 0. The molecule has 0 aliphatic carbocycles. The average Bonchev–Trinajstić information content (AvgIpc) is 2.32. The summed E-state index contributed by atoms with van der Waals surface area (Å²) in [6.07, 6.45) is 0.547. The summed E-state index contributed by atoms with van der Waals surface area (Å²) in [6.45, 7) is 0. The van der Waals surface area contributed by atoms with Crippen LogP contribution in [0.1, 0.15) is 16.5 Å². The Labute approximate surface area is 104 Å². The van der Waals surface area contributed by atoms with E-state index in [0.29, 0.717) is 6.42 Å². The lowest BCUT2D eigenvalue weighted by atomic mass is 10.0. The zero-order chi connectivity index (χ0) is 12.3. The van der Waals surface area contributed by atoms with Gasteiger partial charge in [-0.05, 0) is 41.8 Å². The first-order valence-electron chi connectivity index (χ1n) is 5.29. The molecule has 0 heterocycles. The van der Waals surface area contributed by atoms with Crippen molar-refractivity contribution in [2.75, 3.05) is 0 Å². The van der Waals surface area contributed by atoms with Crippen LogP contribution in [0.4, 0.5) is 8.78 Å². The highest BCUT2D eigenvalue weighted by Gasteiger charge is 2.09. The van der Waals surface area contributed by atoms with E-state index in [9.17, 15) is 8.78 Å². The Balaban J connectivity index is 2.11. The van der Waals surface area contributed by atoms with Crippen LogP contribution < -0.4 is 0 Å². The Morgan fingerprint density at radius 2 is 1.65 bits per heavy atom. The lowest BCUT2D eigenvalue weighted by Crippen LogP contribution is -1.96. The second kappa shape index (κ2) is 5.28. The summed E-state index contributed by atoms with van der Waals surface area (Å²) in [5, 5.41) is -0.309. The molecule has 0 fully saturated rings. The number of benzene rings is 2. The molecule has 0 nitrogen and oxygen atoms in total. The van der Waals surface area contributed by atoms with Gasteiger partial charge in [0.05, 0.1) is 5.38 Å². The number of halogens is 3. The van der Waals surface area contributed by atoms with Crippen LogP contribution in [0.3, 0.4) is 0 Å². The molecule has 2 rings (SSSR count). The van der Waals surface area contributed by atoms with Crippen LogP contribution in [0, 0.1) is 11.6 Å². The molecule has 0 bridgehead atoms. The summed E-state index contributed by atoms with van der Waals surface area (Å²) in [5.41, 5.74) is 1.66. The first kappa shape index (κ1) is 12.1. The quantitative estimate of drug-likeness (QED) is 0.706. The van der Waals surface area contributed by atoms with E-state index in [1.165, 1.54) is 24.3 Å². The van der Waals surface area contributed by atoms with Crippen molar-refractivity contribution in [3.05, 3.63) is 71.3 Å². The molecule has 1 unspecified atom stereocenters. The first-order valence-corrected chi connectivity index (χ1v) is 5.73. The van der Waals surface area contributed by atoms with E-state index in [2.05, 4.69) is 0 Å². The fraction of sp³-hybridized carbons (Fsp3) is 0.143. The minimum atomic E-state index is -0.309. The predicted molar refractivity (Wildman–Crippen MR) is 65.1 cm³/mol. The molecule has 0 amide bonds. The Hall–Kier alpha value is -1.41. The smallest absolute Gasteiger partial charge is 0.123 e. The molecular weight excluding hydrogens is 242 g/mol. The molecule has 0 aromatic heterocycles. The minimum Gasteiger partial charge on any atom is -0.207 e. The second-order valence-corrected chi connectivity index (χ2v) is 4.38. The molecule has 0 saturated carbocycles. The van der Waals surface area contributed by atoms with Crippen molar-refractivity contribution in [1.82, 2.24) is 0 Å². The lowest BCUT2D eigenvalue weighted by molar-refractivity contribution is 0.624. The van der Waals surface area contributed by atoms with Crippen LogP contribution >= 0.6 is 11.6 Å². The van der Waals surface area contributed by atoms with Gasteiger partial charge in [0, 0.05) is 0 Å². The third-order valence-corrected chi connectivity index (χ3v) is 2.94. The zero-order valence-electron chi connectivity index (χ0n) is 9.04. The van der Waals surface area contributed by atoms with Gasteiger partial charge in [-0.1, -0.05) is 24.3 Å². The standard InChI is InChI=1S/C14H11ClF2/c15-14(11-2-1-3-13(17)9-11)8-10-4-6-12(16)7-5-10/h1-7,9,14H,8H2. The molecule has 17 heavy (non-hydrogen) atoms. The highest BCUT2D eigenvalue weighted by Crippen LogP contribution is 2.25. The van der Waals surface area contributed by atoms with Gasteiger partial charge in [0.15, 0.2) is 0 Å². The van der Waals surface area contributed by atoms with Crippen molar-refractivity contribution in [2.24, 2.45) is 0 Å². The van der Waals surface area contributed by atoms with Gasteiger partial charge < -0.3 is 0 Å². The van der Waals surface area contributed by atoms with Crippen molar-refractivity contribution < 1.29 is 8.78 Å². The third-order valence-electron chi connectivity index (χ3n) is 2.54. The van der Waals surface area contributed by atoms with Gasteiger partial charge in [-0.25, -0.2) is 8.78 Å². The summed E-state index contributed by atoms with van der Waals surface area (Å²) < 4.78 is 25.7. The second-order valence-electron chi connectivity index (χ2n) is 3.85. The molecule has 1 atom stereocenters. The minimum absolute atomic E-state index is 0.273. The molecular formula is C14H11ClF2. The van der Waals surface area contributed by atoms with Gasteiger partial charge in [0.2, 0.25) is 0 Å². The van der Waals surface area contributed by atoms with Gasteiger partial charge in [-0.15, -0.1) is 11.6 Å². The maximum absolute atomic E-state index is 13.0. The molecule has 0 radical (unpaired) electrons. The van der Waals surface area contributed by atoms with E-state index in [4.69, 9.17) is 11.6 Å². The monoisotopic (exact) mass is 252 g/mol. The molecule has 0 spiro atoms. The lowest BCUT2D eigenvalue weighted by Gasteiger charge is -2.10. The largest absolute Gasteiger partial charge is 0.207 e. The van der Waals surface area contributed by atoms with Crippen LogP contribution in [-0.2, 0) is 6.42 Å². The maximum Gasteiger partial charge on any atom is 0.123 e. The fourth-order valence-corrected chi connectivity index (χ4v) is 1.96. The maximum atomic E-state index is 13.0. The van der Waals surface area contributed by atoms with Crippen LogP contribution in [0.2, 0.25) is 0 Å². The van der Waals surface area contributed by atoms with Crippen LogP contribution in [0.5, 0.6) is 0 Å². The Morgan fingerprint density at radius 3 is 2.29 bits per heavy atom. The first-order chi connectivity index (χ1) is 8.15. The van der Waals surface area contributed by atoms with Crippen molar-refractivity contribution in [3.8, 4) is 0 Å². The van der Waals surface area contributed by atoms with E-state index >= 15 is 0 Å². The third kappa shape index (κ3) is 3.27. The molecule has 2 aromatic rings. The number of hydrogen-bond donors (Lipinski definition) is 0. The Morgan fingerprint density at radius 1 is 0.941 bits per heavy atom. The molecule has 0 N–H and O–H groups in total. The summed E-state index contributed by atoms with van der Waals surface area (Å²) in [4.78, 5) is 0. The van der Waals surface area contributed by atoms with Crippen molar-refractivity contribution in [1.29, 1.82) is 0 Å². The van der Waals surface area contributed by atoms with Gasteiger partial charge in [-0.2, -0.15) is 0 Å².